The first kappa shape index (κ1) is 13.9. The van der Waals surface area contributed by atoms with Crippen molar-refractivity contribution in [3.05, 3.63) is 24.0 Å². The Bertz CT molecular complexity index is 314. The van der Waals surface area contributed by atoms with Gasteiger partial charge in [-0.3, -0.25) is 4.98 Å². The van der Waals surface area contributed by atoms with Crippen LogP contribution in [-0.4, -0.2) is 36.9 Å². The third-order valence-corrected chi connectivity index (χ3v) is 2.71. The zero-order valence-corrected chi connectivity index (χ0v) is 10.9. The lowest BCUT2D eigenvalue weighted by Crippen LogP contribution is -2.22. The Morgan fingerprint density at radius 1 is 1.41 bits per heavy atom. The number of rotatable bonds is 7. The van der Waals surface area contributed by atoms with Crippen molar-refractivity contribution in [1.29, 1.82) is 0 Å². The highest BCUT2D eigenvalue weighted by atomic mass is 16.5. The molecule has 0 radical (unpaired) electrons. The van der Waals surface area contributed by atoms with Gasteiger partial charge in [-0.05, 0) is 25.5 Å². The lowest BCUT2D eigenvalue weighted by Gasteiger charge is -2.19. The van der Waals surface area contributed by atoms with E-state index in [2.05, 4.69) is 9.88 Å². The molecular formula is C13H22N2O2. The number of likely N-dealkylation sites (N-methyl/N-ethyl adjacent to an activating group) is 1. The molecule has 0 bridgehead atoms. The van der Waals surface area contributed by atoms with E-state index in [1.807, 2.05) is 33.0 Å². The van der Waals surface area contributed by atoms with Gasteiger partial charge in [0.25, 0.3) is 0 Å². The SMILES string of the molecule is CCOCCN(C)c1ccc([C@@H](O)CC)nc1. The summed E-state index contributed by atoms with van der Waals surface area (Å²) in [7, 11) is 2.01. The largest absolute Gasteiger partial charge is 0.387 e. The highest BCUT2D eigenvalue weighted by Gasteiger charge is 2.07. The van der Waals surface area contributed by atoms with Gasteiger partial charge in [-0.2, -0.15) is 0 Å². The molecule has 0 saturated carbocycles. The molecule has 0 aliphatic rings. The number of anilines is 1. The molecule has 1 N–H and O–H groups in total. The molecule has 0 fully saturated rings. The van der Waals surface area contributed by atoms with E-state index in [1.54, 1.807) is 6.20 Å². The van der Waals surface area contributed by atoms with Gasteiger partial charge in [0.2, 0.25) is 0 Å². The molecule has 0 aromatic carbocycles. The molecular weight excluding hydrogens is 216 g/mol. The maximum atomic E-state index is 9.64. The topological polar surface area (TPSA) is 45.6 Å². The highest BCUT2D eigenvalue weighted by Crippen LogP contribution is 2.17. The molecule has 17 heavy (non-hydrogen) atoms. The second-order valence-electron chi connectivity index (χ2n) is 3.98. The van der Waals surface area contributed by atoms with Gasteiger partial charge < -0.3 is 14.7 Å². The highest BCUT2D eigenvalue weighted by molar-refractivity contribution is 5.43. The monoisotopic (exact) mass is 238 g/mol. The molecule has 0 aliphatic heterocycles. The van der Waals surface area contributed by atoms with Gasteiger partial charge in [-0.1, -0.05) is 6.92 Å². The van der Waals surface area contributed by atoms with Gasteiger partial charge in [0.15, 0.2) is 0 Å². The molecule has 0 saturated heterocycles. The summed E-state index contributed by atoms with van der Waals surface area (Å²) < 4.78 is 5.30. The van der Waals surface area contributed by atoms with Gasteiger partial charge in [0.05, 0.1) is 30.3 Å². The van der Waals surface area contributed by atoms with Crippen molar-refractivity contribution in [2.45, 2.75) is 26.4 Å². The maximum Gasteiger partial charge on any atom is 0.0957 e. The third-order valence-electron chi connectivity index (χ3n) is 2.71. The van der Waals surface area contributed by atoms with Crippen molar-refractivity contribution in [2.75, 3.05) is 31.7 Å². The minimum absolute atomic E-state index is 0.460. The average molecular weight is 238 g/mol. The second-order valence-corrected chi connectivity index (χ2v) is 3.98. The minimum Gasteiger partial charge on any atom is -0.387 e. The van der Waals surface area contributed by atoms with Crippen LogP contribution in [0.3, 0.4) is 0 Å². The quantitative estimate of drug-likeness (QED) is 0.738. The fourth-order valence-electron chi connectivity index (χ4n) is 1.50. The first-order valence-corrected chi connectivity index (χ1v) is 6.11. The molecule has 0 aliphatic carbocycles. The Kier molecular flexibility index (Phi) is 5.94. The number of aliphatic hydroxyl groups excluding tert-OH is 1. The molecule has 1 heterocycles. The summed E-state index contributed by atoms with van der Waals surface area (Å²) in [6, 6.07) is 3.85. The van der Waals surface area contributed by atoms with Crippen LogP contribution in [0.25, 0.3) is 0 Å². The van der Waals surface area contributed by atoms with E-state index in [0.717, 1.165) is 24.5 Å². The van der Waals surface area contributed by atoms with Gasteiger partial charge in [-0.15, -0.1) is 0 Å². The molecule has 96 valence electrons. The van der Waals surface area contributed by atoms with Gasteiger partial charge >= 0.3 is 0 Å². The maximum absolute atomic E-state index is 9.64. The lowest BCUT2D eigenvalue weighted by molar-refractivity contribution is 0.154. The molecule has 1 atom stereocenters. The van der Waals surface area contributed by atoms with Crippen LogP contribution in [0.2, 0.25) is 0 Å². The molecule has 0 spiro atoms. The summed E-state index contributed by atoms with van der Waals surface area (Å²) >= 11 is 0. The van der Waals surface area contributed by atoms with Crippen LogP contribution >= 0.6 is 0 Å². The number of nitrogens with zero attached hydrogens (tertiary/aromatic N) is 2. The van der Waals surface area contributed by atoms with Gasteiger partial charge in [0, 0.05) is 20.2 Å². The zero-order chi connectivity index (χ0) is 12.7. The summed E-state index contributed by atoms with van der Waals surface area (Å²) in [5, 5.41) is 9.64. The van der Waals surface area contributed by atoms with Crippen LogP contribution in [0.5, 0.6) is 0 Å². The number of aliphatic hydroxyl groups is 1. The molecule has 4 heteroatoms. The van der Waals surface area contributed by atoms with Crippen molar-refractivity contribution < 1.29 is 9.84 Å². The standard InChI is InChI=1S/C13H22N2O2/c1-4-13(16)12-7-6-11(10-14-12)15(3)8-9-17-5-2/h6-7,10,13,16H,4-5,8-9H2,1-3H3/t13-/m0/s1. The Balaban J connectivity index is 2.54. The molecule has 0 amide bonds. The minimum atomic E-state index is -0.460. The number of hydrogen-bond donors (Lipinski definition) is 1. The lowest BCUT2D eigenvalue weighted by atomic mass is 10.2. The van der Waals surface area contributed by atoms with Gasteiger partial charge in [0.1, 0.15) is 0 Å². The normalized spacial score (nSPS) is 12.5. The first-order chi connectivity index (χ1) is 8.19. The number of ether oxygens (including phenoxy) is 1. The van der Waals surface area contributed by atoms with E-state index in [1.165, 1.54) is 0 Å². The Morgan fingerprint density at radius 3 is 2.71 bits per heavy atom. The number of hydrogen-bond acceptors (Lipinski definition) is 4. The Labute approximate surface area is 103 Å². The Hall–Kier alpha value is -1.13. The summed E-state index contributed by atoms with van der Waals surface area (Å²) in [5.74, 6) is 0. The van der Waals surface area contributed by atoms with Crippen LogP contribution in [0.1, 0.15) is 32.1 Å². The second kappa shape index (κ2) is 7.25. The summed E-state index contributed by atoms with van der Waals surface area (Å²) in [4.78, 5) is 6.35. The van der Waals surface area contributed by atoms with Crippen LogP contribution in [-0.2, 0) is 4.74 Å². The van der Waals surface area contributed by atoms with Crippen molar-refractivity contribution in [2.24, 2.45) is 0 Å². The van der Waals surface area contributed by atoms with Crippen molar-refractivity contribution in [3.63, 3.8) is 0 Å². The van der Waals surface area contributed by atoms with E-state index in [-0.39, 0.29) is 0 Å². The van der Waals surface area contributed by atoms with E-state index in [4.69, 9.17) is 4.74 Å². The Morgan fingerprint density at radius 2 is 2.18 bits per heavy atom. The third kappa shape index (κ3) is 4.32. The predicted molar refractivity (Wildman–Crippen MR) is 69.3 cm³/mol. The number of aromatic nitrogens is 1. The van der Waals surface area contributed by atoms with Crippen molar-refractivity contribution >= 4 is 5.69 Å². The summed E-state index contributed by atoms with van der Waals surface area (Å²) in [6.07, 6.45) is 2.02. The van der Waals surface area contributed by atoms with Crippen LogP contribution in [0, 0.1) is 0 Å². The van der Waals surface area contributed by atoms with Gasteiger partial charge in [-0.25, -0.2) is 0 Å². The van der Waals surface area contributed by atoms with Crippen molar-refractivity contribution in [1.82, 2.24) is 4.98 Å². The van der Waals surface area contributed by atoms with Crippen LogP contribution in [0.15, 0.2) is 18.3 Å². The van der Waals surface area contributed by atoms with Crippen LogP contribution in [0.4, 0.5) is 5.69 Å². The smallest absolute Gasteiger partial charge is 0.0957 e. The fraction of sp³-hybridized carbons (Fsp3) is 0.615. The molecule has 1 aromatic heterocycles. The fourth-order valence-corrected chi connectivity index (χ4v) is 1.50. The number of pyridine rings is 1. The molecule has 0 unspecified atom stereocenters. The molecule has 4 nitrogen and oxygen atoms in total. The van der Waals surface area contributed by atoms with E-state index >= 15 is 0 Å². The van der Waals surface area contributed by atoms with E-state index in [0.29, 0.717) is 13.0 Å². The molecule has 1 rings (SSSR count). The zero-order valence-electron chi connectivity index (χ0n) is 10.9. The van der Waals surface area contributed by atoms with E-state index in [9.17, 15) is 5.11 Å². The average Bonchev–Trinajstić information content (AvgIpc) is 2.38. The summed E-state index contributed by atoms with van der Waals surface area (Å²) in [5.41, 5.74) is 1.77. The van der Waals surface area contributed by atoms with E-state index < -0.39 is 6.10 Å². The first-order valence-electron chi connectivity index (χ1n) is 6.11. The van der Waals surface area contributed by atoms with Crippen molar-refractivity contribution in [3.8, 4) is 0 Å². The summed E-state index contributed by atoms with van der Waals surface area (Å²) in [6.45, 7) is 6.22. The predicted octanol–water partition coefficient (Wildman–Crippen LogP) is 2.00. The van der Waals surface area contributed by atoms with Crippen LogP contribution < -0.4 is 4.90 Å². The molecule has 1 aromatic rings.